The summed E-state index contributed by atoms with van der Waals surface area (Å²) in [6.45, 7) is 8.08. The van der Waals surface area contributed by atoms with E-state index in [1.807, 2.05) is 45.0 Å². The number of fused-ring (bicyclic) bond motifs is 2. The molecule has 0 amide bonds. The molecule has 0 aliphatic carbocycles. The molecule has 0 radical (unpaired) electrons. The van der Waals surface area contributed by atoms with Crippen LogP contribution in [0, 0.1) is 6.92 Å². The van der Waals surface area contributed by atoms with Gasteiger partial charge in [0.25, 0.3) is 5.56 Å². The van der Waals surface area contributed by atoms with Gasteiger partial charge in [0.15, 0.2) is 11.5 Å². The number of aryl methyl sites for hydroxylation is 1. The van der Waals surface area contributed by atoms with E-state index in [0.29, 0.717) is 67.1 Å². The molecule has 10 heteroatoms. The monoisotopic (exact) mass is 509 g/mol. The molecule has 1 N–H and O–H groups in total. The number of ether oxygens (including phenoxy) is 2. The van der Waals surface area contributed by atoms with E-state index in [2.05, 4.69) is 19.9 Å². The van der Waals surface area contributed by atoms with Crippen molar-refractivity contribution in [1.82, 2.24) is 19.5 Å². The molecule has 0 bridgehead atoms. The number of aromatic nitrogens is 4. The van der Waals surface area contributed by atoms with Gasteiger partial charge >= 0.3 is 5.69 Å². The van der Waals surface area contributed by atoms with Crippen LogP contribution in [-0.2, 0) is 0 Å². The van der Waals surface area contributed by atoms with Gasteiger partial charge in [0, 0.05) is 30.6 Å². The van der Waals surface area contributed by atoms with Gasteiger partial charge in [-0.3, -0.25) is 14.3 Å². The van der Waals surface area contributed by atoms with E-state index in [9.17, 15) is 9.59 Å². The Hall–Kier alpha value is -3.59. The summed E-state index contributed by atoms with van der Waals surface area (Å²) in [6, 6.07) is 9.21. The van der Waals surface area contributed by atoms with Gasteiger partial charge in [0.1, 0.15) is 5.82 Å². The maximum Gasteiger partial charge on any atom is 0.329 e. The molecular weight excluding hydrogens is 482 g/mol. The first-order valence-corrected chi connectivity index (χ1v) is 12.5. The zero-order valence-electron chi connectivity index (χ0n) is 20.5. The number of nitrogens with zero attached hydrogens (tertiary/aromatic N) is 4. The first-order valence-electron chi connectivity index (χ1n) is 12.2. The fourth-order valence-electron chi connectivity index (χ4n) is 5.04. The summed E-state index contributed by atoms with van der Waals surface area (Å²) in [5.41, 5.74) is 1.55. The summed E-state index contributed by atoms with van der Waals surface area (Å²) in [5.74, 6) is 1.98. The molecule has 1 aliphatic rings. The Bertz CT molecular complexity index is 1560. The molecule has 36 heavy (non-hydrogen) atoms. The summed E-state index contributed by atoms with van der Waals surface area (Å²) >= 11 is 6.32. The highest BCUT2D eigenvalue weighted by Gasteiger charge is 2.26. The minimum atomic E-state index is -0.374. The molecular formula is C26H28ClN5O4. The quantitative estimate of drug-likeness (QED) is 0.388. The van der Waals surface area contributed by atoms with Gasteiger partial charge < -0.3 is 14.4 Å². The molecule has 188 valence electrons. The standard InChI is InChI=1S/C26H28ClN5O4/c1-4-35-20-13-18-19(14-21(20)36-5-2)28-25(27)29-23(18)31-11-9-16(10-12-31)32-22-15(3)7-6-8-17(22)24(33)30-26(32)34/h6-8,13-14,16H,4-5,9-12H2,1-3H3,(H,30,33,34). The Morgan fingerprint density at radius 3 is 2.42 bits per heavy atom. The molecule has 1 saturated heterocycles. The van der Waals surface area contributed by atoms with Gasteiger partial charge in [-0.15, -0.1) is 0 Å². The van der Waals surface area contributed by atoms with Crippen LogP contribution in [0.5, 0.6) is 11.5 Å². The third kappa shape index (κ3) is 4.28. The van der Waals surface area contributed by atoms with E-state index in [0.717, 1.165) is 16.8 Å². The zero-order valence-corrected chi connectivity index (χ0v) is 21.3. The van der Waals surface area contributed by atoms with Crippen LogP contribution < -0.4 is 25.6 Å². The van der Waals surface area contributed by atoms with E-state index < -0.39 is 0 Å². The second-order valence-corrected chi connectivity index (χ2v) is 9.16. The number of hydrogen-bond acceptors (Lipinski definition) is 7. The van der Waals surface area contributed by atoms with Crippen molar-refractivity contribution < 1.29 is 9.47 Å². The van der Waals surface area contributed by atoms with Crippen molar-refractivity contribution in [1.29, 1.82) is 0 Å². The predicted molar refractivity (Wildman–Crippen MR) is 141 cm³/mol. The van der Waals surface area contributed by atoms with Gasteiger partial charge in [0.2, 0.25) is 5.28 Å². The van der Waals surface area contributed by atoms with Crippen molar-refractivity contribution >= 4 is 39.2 Å². The first-order chi connectivity index (χ1) is 17.4. The van der Waals surface area contributed by atoms with Crippen LogP contribution in [0.25, 0.3) is 21.8 Å². The molecule has 5 rings (SSSR count). The fraction of sp³-hybridized carbons (Fsp3) is 0.385. The van der Waals surface area contributed by atoms with Gasteiger partial charge in [0.05, 0.1) is 29.6 Å². The lowest BCUT2D eigenvalue weighted by molar-refractivity contribution is 0.288. The van der Waals surface area contributed by atoms with E-state index >= 15 is 0 Å². The second kappa shape index (κ2) is 9.81. The van der Waals surface area contributed by atoms with Crippen molar-refractivity contribution in [3.63, 3.8) is 0 Å². The highest BCUT2D eigenvalue weighted by Crippen LogP contribution is 2.37. The molecule has 3 heterocycles. The van der Waals surface area contributed by atoms with Crippen LogP contribution >= 0.6 is 11.6 Å². The van der Waals surface area contributed by atoms with E-state index in [4.69, 9.17) is 21.1 Å². The minimum absolute atomic E-state index is 0.0543. The zero-order chi connectivity index (χ0) is 25.4. The Morgan fingerprint density at radius 1 is 1.03 bits per heavy atom. The maximum absolute atomic E-state index is 12.9. The molecule has 0 saturated carbocycles. The highest BCUT2D eigenvalue weighted by atomic mass is 35.5. The highest BCUT2D eigenvalue weighted by molar-refractivity contribution is 6.28. The fourth-order valence-corrected chi connectivity index (χ4v) is 5.21. The Balaban J connectivity index is 1.50. The van der Waals surface area contributed by atoms with Crippen LogP contribution in [0.3, 0.4) is 0 Å². The number of benzene rings is 2. The number of nitrogens with one attached hydrogen (secondary N) is 1. The van der Waals surface area contributed by atoms with Gasteiger partial charge in [-0.2, -0.15) is 4.98 Å². The number of H-pyrrole nitrogens is 1. The third-order valence-electron chi connectivity index (χ3n) is 6.61. The smallest absolute Gasteiger partial charge is 0.329 e. The topological polar surface area (TPSA) is 102 Å². The number of para-hydroxylation sites is 1. The molecule has 4 aromatic rings. The number of halogens is 1. The number of aromatic amines is 1. The van der Waals surface area contributed by atoms with Crippen molar-refractivity contribution in [2.24, 2.45) is 0 Å². The van der Waals surface area contributed by atoms with E-state index in [1.165, 1.54) is 0 Å². The summed E-state index contributed by atoms with van der Waals surface area (Å²) in [7, 11) is 0. The molecule has 0 unspecified atom stereocenters. The van der Waals surface area contributed by atoms with E-state index in [-0.39, 0.29) is 22.6 Å². The number of rotatable bonds is 6. The molecule has 0 spiro atoms. The van der Waals surface area contributed by atoms with Crippen molar-refractivity contribution in [3.05, 3.63) is 62.0 Å². The lowest BCUT2D eigenvalue weighted by Gasteiger charge is -2.34. The normalized spacial score (nSPS) is 14.5. The summed E-state index contributed by atoms with van der Waals surface area (Å²) in [6.07, 6.45) is 1.40. The third-order valence-corrected chi connectivity index (χ3v) is 6.77. The number of anilines is 1. The SMILES string of the molecule is CCOc1cc2nc(Cl)nc(N3CCC(n4c(=O)[nH]c(=O)c5cccc(C)c54)CC3)c2cc1OCC. The predicted octanol–water partition coefficient (Wildman–Crippen LogP) is 4.23. The molecule has 1 fully saturated rings. The molecule has 2 aromatic heterocycles. The van der Waals surface area contributed by atoms with Gasteiger partial charge in [-0.1, -0.05) is 12.1 Å². The van der Waals surface area contributed by atoms with Crippen molar-refractivity contribution in [2.45, 2.75) is 39.7 Å². The van der Waals surface area contributed by atoms with Gasteiger partial charge in [-0.25, -0.2) is 9.78 Å². The minimum Gasteiger partial charge on any atom is -0.490 e. The Kier molecular flexibility index (Phi) is 6.57. The molecule has 0 atom stereocenters. The molecule has 1 aliphatic heterocycles. The lowest BCUT2D eigenvalue weighted by Crippen LogP contribution is -2.40. The maximum atomic E-state index is 12.9. The summed E-state index contributed by atoms with van der Waals surface area (Å²) < 4.78 is 13.3. The number of piperidine rings is 1. The number of hydrogen-bond donors (Lipinski definition) is 1. The Morgan fingerprint density at radius 2 is 1.72 bits per heavy atom. The average Bonchev–Trinajstić information content (AvgIpc) is 2.85. The van der Waals surface area contributed by atoms with Crippen LogP contribution in [-0.4, -0.2) is 45.8 Å². The van der Waals surface area contributed by atoms with Crippen molar-refractivity contribution in [3.8, 4) is 11.5 Å². The largest absolute Gasteiger partial charge is 0.490 e. The van der Waals surface area contributed by atoms with Crippen LogP contribution in [0.1, 0.15) is 38.3 Å². The first kappa shape index (κ1) is 24.1. The summed E-state index contributed by atoms with van der Waals surface area (Å²) in [4.78, 5) is 38.9. The summed E-state index contributed by atoms with van der Waals surface area (Å²) in [5, 5.41) is 1.51. The van der Waals surface area contributed by atoms with Crippen LogP contribution in [0.4, 0.5) is 5.82 Å². The van der Waals surface area contributed by atoms with Crippen molar-refractivity contribution in [2.75, 3.05) is 31.2 Å². The second-order valence-electron chi connectivity index (χ2n) is 8.82. The molecule has 9 nitrogen and oxygen atoms in total. The van der Waals surface area contributed by atoms with Gasteiger partial charge in [-0.05, 0) is 62.9 Å². The van der Waals surface area contributed by atoms with Crippen LogP contribution in [0.2, 0.25) is 5.28 Å². The lowest BCUT2D eigenvalue weighted by atomic mass is 10.0. The Labute approximate surface area is 212 Å². The van der Waals surface area contributed by atoms with Crippen LogP contribution in [0.15, 0.2) is 39.9 Å². The average molecular weight is 510 g/mol. The van der Waals surface area contributed by atoms with E-state index in [1.54, 1.807) is 10.6 Å². The molecule has 2 aromatic carbocycles.